The van der Waals surface area contributed by atoms with Gasteiger partial charge in [0, 0.05) is 39.4 Å². The molecule has 2 aromatic rings. The third kappa shape index (κ3) is 6.37. The van der Waals surface area contributed by atoms with E-state index in [1.165, 1.54) is 36.8 Å². The highest BCUT2D eigenvalue weighted by Gasteiger charge is 2.11. The van der Waals surface area contributed by atoms with Crippen LogP contribution in [-0.4, -0.2) is 44.7 Å². The summed E-state index contributed by atoms with van der Waals surface area (Å²) in [7, 11) is 3.51. The maximum atomic E-state index is 5.47. The molecule has 2 heterocycles. The molecule has 0 aliphatic carbocycles. The number of aromatic nitrogens is 1. The summed E-state index contributed by atoms with van der Waals surface area (Å²) in [4.78, 5) is 11.4. The van der Waals surface area contributed by atoms with Crippen molar-refractivity contribution in [3.05, 3.63) is 53.2 Å². The monoisotopic (exact) mass is 409 g/mol. The molecule has 1 aliphatic rings. The summed E-state index contributed by atoms with van der Waals surface area (Å²) in [6, 6.07) is 10.6. The smallest absolute Gasteiger partial charge is 0.191 e. The van der Waals surface area contributed by atoms with E-state index in [-0.39, 0.29) is 0 Å². The van der Waals surface area contributed by atoms with Gasteiger partial charge in [-0.1, -0.05) is 36.6 Å². The molecule has 0 bridgehead atoms. The number of aryl methyl sites for hydroxylation is 1. The van der Waals surface area contributed by atoms with Crippen LogP contribution in [0.5, 0.6) is 5.75 Å². The molecule has 30 heavy (non-hydrogen) atoms. The van der Waals surface area contributed by atoms with E-state index in [1.807, 2.05) is 12.3 Å². The number of methoxy groups -OCH3 is 1. The largest absolute Gasteiger partial charge is 0.496 e. The summed E-state index contributed by atoms with van der Waals surface area (Å²) >= 11 is 0. The first-order valence-electron chi connectivity index (χ1n) is 11.0. The van der Waals surface area contributed by atoms with Crippen molar-refractivity contribution in [3.8, 4) is 5.75 Å². The van der Waals surface area contributed by atoms with Crippen LogP contribution in [0.15, 0.2) is 41.5 Å². The van der Waals surface area contributed by atoms with Crippen molar-refractivity contribution in [1.82, 2.24) is 15.6 Å². The number of guanidine groups is 1. The Morgan fingerprint density at radius 3 is 2.57 bits per heavy atom. The molecule has 1 aromatic carbocycles. The SMILES string of the molecule is CN=C(NCCc1cc(C)ccc1OC)NCc1ccc(N2CCCCCC2)nc1. The number of hydrogen-bond donors (Lipinski definition) is 2. The van der Waals surface area contributed by atoms with Crippen LogP contribution in [0, 0.1) is 6.92 Å². The summed E-state index contributed by atoms with van der Waals surface area (Å²) in [5.74, 6) is 2.81. The first-order valence-corrected chi connectivity index (χ1v) is 11.0. The summed E-state index contributed by atoms with van der Waals surface area (Å²) in [5.41, 5.74) is 3.59. The number of nitrogens with zero attached hydrogens (tertiary/aromatic N) is 3. The molecule has 0 spiro atoms. The molecule has 0 amide bonds. The summed E-state index contributed by atoms with van der Waals surface area (Å²) < 4.78 is 5.47. The zero-order chi connectivity index (χ0) is 21.2. The third-order valence-electron chi connectivity index (χ3n) is 5.55. The Balaban J connectivity index is 1.46. The summed E-state index contributed by atoms with van der Waals surface area (Å²) in [5, 5.41) is 6.76. The number of rotatable bonds is 7. The molecule has 1 aromatic heterocycles. The standard InChI is InChI=1S/C24H35N5O/c1-19-8-10-22(30-3)21(16-19)12-13-26-24(25-2)28-18-20-9-11-23(27-17-20)29-14-6-4-5-7-15-29/h8-11,16-17H,4-7,12-15,18H2,1-3H3,(H2,25,26,28). The van der Waals surface area contributed by atoms with E-state index in [9.17, 15) is 0 Å². The lowest BCUT2D eigenvalue weighted by atomic mass is 10.1. The highest BCUT2D eigenvalue weighted by molar-refractivity contribution is 5.79. The Bertz CT molecular complexity index is 811. The van der Waals surface area contributed by atoms with Gasteiger partial charge in [-0.3, -0.25) is 4.99 Å². The quantitative estimate of drug-likeness (QED) is 0.539. The molecule has 3 rings (SSSR count). The van der Waals surface area contributed by atoms with E-state index in [2.05, 4.69) is 56.7 Å². The van der Waals surface area contributed by atoms with Crippen LogP contribution in [0.1, 0.15) is 42.4 Å². The highest BCUT2D eigenvalue weighted by atomic mass is 16.5. The number of benzene rings is 1. The second kappa shape index (κ2) is 11.4. The number of ether oxygens (including phenoxy) is 1. The zero-order valence-electron chi connectivity index (χ0n) is 18.6. The molecule has 1 fully saturated rings. The predicted molar refractivity (Wildman–Crippen MR) is 125 cm³/mol. The van der Waals surface area contributed by atoms with Gasteiger partial charge in [-0.05, 0) is 49.4 Å². The molecule has 1 aliphatic heterocycles. The number of anilines is 1. The fraction of sp³-hybridized carbons (Fsp3) is 0.500. The van der Waals surface area contributed by atoms with E-state index in [4.69, 9.17) is 4.74 Å². The molecule has 0 saturated carbocycles. The first-order chi connectivity index (χ1) is 14.7. The number of nitrogens with one attached hydrogen (secondary N) is 2. The van der Waals surface area contributed by atoms with Gasteiger partial charge >= 0.3 is 0 Å². The van der Waals surface area contributed by atoms with Crippen LogP contribution in [-0.2, 0) is 13.0 Å². The third-order valence-corrected chi connectivity index (χ3v) is 5.55. The minimum atomic E-state index is 0.695. The molecule has 0 atom stereocenters. The number of aliphatic imine (C=N–C) groups is 1. The molecular weight excluding hydrogens is 374 g/mol. The lowest BCUT2D eigenvalue weighted by Gasteiger charge is -2.21. The van der Waals surface area contributed by atoms with Gasteiger partial charge in [0.1, 0.15) is 11.6 Å². The van der Waals surface area contributed by atoms with E-state index in [0.717, 1.165) is 49.1 Å². The minimum absolute atomic E-state index is 0.695. The predicted octanol–water partition coefficient (Wildman–Crippen LogP) is 3.69. The van der Waals surface area contributed by atoms with Crippen LogP contribution >= 0.6 is 0 Å². The lowest BCUT2D eigenvalue weighted by Crippen LogP contribution is -2.37. The molecular formula is C24H35N5O. The van der Waals surface area contributed by atoms with E-state index >= 15 is 0 Å². The second-order valence-electron chi connectivity index (χ2n) is 7.84. The fourth-order valence-corrected chi connectivity index (χ4v) is 3.83. The van der Waals surface area contributed by atoms with Gasteiger partial charge in [-0.2, -0.15) is 0 Å². The normalized spacial score (nSPS) is 14.9. The Labute approximate surface area is 180 Å². The summed E-state index contributed by atoms with van der Waals surface area (Å²) in [6.45, 7) is 5.81. The Morgan fingerprint density at radius 1 is 1.10 bits per heavy atom. The van der Waals surface area contributed by atoms with Crippen molar-refractivity contribution >= 4 is 11.8 Å². The average Bonchev–Trinajstić information content (AvgIpc) is 3.06. The van der Waals surface area contributed by atoms with Crippen molar-refractivity contribution in [2.45, 2.75) is 45.6 Å². The van der Waals surface area contributed by atoms with Crippen LogP contribution in [0.3, 0.4) is 0 Å². The highest BCUT2D eigenvalue weighted by Crippen LogP contribution is 2.20. The maximum Gasteiger partial charge on any atom is 0.191 e. The van der Waals surface area contributed by atoms with Crippen LogP contribution < -0.4 is 20.3 Å². The Kier molecular flexibility index (Phi) is 8.36. The zero-order valence-corrected chi connectivity index (χ0v) is 18.6. The van der Waals surface area contributed by atoms with Crippen LogP contribution in [0.25, 0.3) is 0 Å². The summed E-state index contributed by atoms with van der Waals surface area (Å²) in [6.07, 6.45) is 8.04. The average molecular weight is 410 g/mol. The topological polar surface area (TPSA) is 61.8 Å². The minimum Gasteiger partial charge on any atom is -0.496 e. The molecule has 6 heteroatoms. The first kappa shape index (κ1) is 21.9. The van der Waals surface area contributed by atoms with E-state index in [0.29, 0.717) is 6.54 Å². The second-order valence-corrected chi connectivity index (χ2v) is 7.84. The van der Waals surface area contributed by atoms with Crippen molar-refractivity contribution < 1.29 is 4.74 Å². The lowest BCUT2D eigenvalue weighted by molar-refractivity contribution is 0.409. The van der Waals surface area contributed by atoms with Gasteiger partial charge in [-0.25, -0.2) is 4.98 Å². The molecule has 1 saturated heterocycles. The van der Waals surface area contributed by atoms with Crippen molar-refractivity contribution in [2.24, 2.45) is 4.99 Å². The van der Waals surface area contributed by atoms with Gasteiger partial charge in [0.05, 0.1) is 7.11 Å². The van der Waals surface area contributed by atoms with Crippen LogP contribution in [0.2, 0.25) is 0 Å². The van der Waals surface area contributed by atoms with Crippen molar-refractivity contribution in [3.63, 3.8) is 0 Å². The Hall–Kier alpha value is -2.76. The maximum absolute atomic E-state index is 5.47. The molecule has 6 nitrogen and oxygen atoms in total. The van der Waals surface area contributed by atoms with Gasteiger partial charge in [-0.15, -0.1) is 0 Å². The fourth-order valence-electron chi connectivity index (χ4n) is 3.83. The van der Waals surface area contributed by atoms with Crippen molar-refractivity contribution in [2.75, 3.05) is 38.7 Å². The molecule has 0 unspecified atom stereocenters. The number of hydrogen-bond acceptors (Lipinski definition) is 4. The van der Waals surface area contributed by atoms with Gasteiger partial charge in [0.25, 0.3) is 0 Å². The van der Waals surface area contributed by atoms with Gasteiger partial charge in [0.2, 0.25) is 0 Å². The Morgan fingerprint density at radius 2 is 1.90 bits per heavy atom. The molecule has 162 valence electrons. The van der Waals surface area contributed by atoms with Crippen molar-refractivity contribution in [1.29, 1.82) is 0 Å². The molecule has 2 N–H and O–H groups in total. The van der Waals surface area contributed by atoms with Gasteiger partial charge in [0.15, 0.2) is 5.96 Å². The van der Waals surface area contributed by atoms with Gasteiger partial charge < -0.3 is 20.3 Å². The van der Waals surface area contributed by atoms with Crippen LogP contribution in [0.4, 0.5) is 5.82 Å². The molecule has 0 radical (unpaired) electrons. The van der Waals surface area contributed by atoms with E-state index < -0.39 is 0 Å². The number of pyridine rings is 1. The van der Waals surface area contributed by atoms with E-state index in [1.54, 1.807) is 14.2 Å².